The second kappa shape index (κ2) is 5.17. The van der Waals surface area contributed by atoms with Crippen LogP contribution >= 0.6 is 0 Å². The van der Waals surface area contributed by atoms with Crippen LogP contribution in [0.3, 0.4) is 0 Å². The lowest BCUT2D eigenvalue weighted by Gasteiger charge is -2.20. The Hall–Kier alpha value is -1.57. The summed E-state index contributed by atoms with van der Waals surface area (Å²) in [7, 11) is 0. The van der Waals surface area contributed by atoms with Crippen molar-refractivity contribution in [3.63, 3.8) is 0 Å². The van der Waals surface area contributed by atoms with E-state index in [4.69, 9.17) is 4.74 Å². The number of aryl methyl sites for hydroxylation is 1. The quantitative estimate of drug-likeness (QED) is 0.584. The second-order valence-electron chi connectivity index (χ2n) is 4.57. The molecule has 0 spiro atoms. The predicted octanol–water partition coefficient (Wildman–Crippen LogP) is 3.69. The van der Waals surface area contributed by atoms with Crippen LogP contribution in [0, 0.1) is 6.92 Å². The number of ether oxygens (including phenoxy) is 1. The molecular weight excluding hydrogens is 212 g/mol. The van der Waals surface area contributed by atoms with Crippen LogP contribution in [0.15, 0.2) is 30.4 Å². The molecule has 2 heteroatoms. The van der Waals surface area contributed by atoms with Crippen molar-refractivity contribution in [1.82, 2.24) is 0 Å². The summed E-state index contributed by atoms with van der Waals surface area (Å²) in [6.45, 7) is 3.59. The Morgan fingerprint density at radius 1 is 1.41 bits per heavy atom. The van der Waals surface area contributed by atoms with E-state index in [1.165, 1.54) is 0 Å². The molecule has 0 saturated heterocycles. The summed E-state index contributed by atoms with van der Waals surface area (Å²) in [6, 6.07) is 5.74. The van der Waals surface area contributed by atoms with Gasteiger partial charge in [-0.05, 0) is 56.9 Å². The Morgan fingerprint density at radius 2 is 2.24 bits per heavy atom. The number of rotatable bonds is 3. The fraction of sp³-hybridized carbons (Fsp3) is 0.400. The van der Waals surface area contributed by atoms with Crippen molar-refractivity contribution in [2.45, 2.75) is 39.2 Å². The number of Topliss-reactive ketones (excluding diaryl/α,β-unsaturated/α-hetero) is 1. The fourth-order valence-electron chi connectivity index (χ4n) is 2.06. The van der Waals surface area contributed by atoms with Gasteiger partial charge in [0.15, 0.2) is 5.78 Å². The highest BCUT2D eigenvalue weighted by Gasteiger charge is 2.14. The summed E-state index contributed by atoms with van der Waals surface area (Å²) < 4.78 is 5.92. The topological polar surface area (TPSA) is 26.3 Å². The van der Waals surface area contributed by atoms with Gasteiger partial charge in [0, 0.05) is 0 Å². The Balaban J connectivity index is 2.23. The molecule has 1 unspecified atom stereocenters. The standard InChI is InChI=1S/C15H18O2/c1-11-8-9-14(12(2)16)15(10-11)17-13-6-4-3-5-7-13/h4,6,8-10,13H,3,5,7H2,1-2H3. The maximum absolute atomic E-state index is 11.5. The van der Waals surface area contributed by atoms with Crippen LogP contribution in [-0.2, 0) is 0 Å². The van der Waals surface area contributed by atoms with Crippen LogP contribution in [0.2, 0.25) is 0 Å². The Kier molecular flexibility index (Phi) is 3.62. The van der Waals surface area contributed by atoms with E-state index < -0.39 is 0 Å². The Morgan fingerprint density at radius 3 is 2.88 bits per heavy atom. The first-order chi connectivity index (χ1) is 8.16. The van der Waals surface area contributed by atoms with E-state index in [0.29, 0.717) is 11.3 Å². The van der Waals surface area contributed by atoms with Crippen LogP contribution in [0.4, 0.5) is 0 Å². The van der Waals surface area contributed by atoms with E-state index in [9.17, 15) is 4.79 Å². The molecule has 1 aromatic carbocycles. The molecule has 0 amide bonds. The minimum atomic E-state index is 0.0554. The molecular formula is C15H18O2. The number of carbonyl (C=O) groups excluding carboxylic acids is 1. The molecule has 0 N–H and O–H groups in total. The lowest BCUT2D eigenvalue weighted by molar-refractivity contribution is 0.101. The van der Waals surface area contributed by atoms with E-state index >= 15 is 0 Å². The van der Waals surface area contributed by atoms with Gasteiger partial charge in [-0.1, -0.05) is 12.1 Å². The van der Waals surface area contributed by atoms with E-state index in [1.807, 2.05) is 25.1 Å². The molecule has 0 saturated carbocycles. The molecule has 0 heterocycles. The molecule has 17 heavy (non-hydrogen) atoms. The molecule has 2 rings (SSSR count). The molecule has 90 valence electrons. The SMILES string of the molecule is CC(=O)c1ccc(C)cc1OC1C=CCCC1. The molecule has 0 bridgehead atoms. The Labute approximate surface area is 102 Å². The van der Waals surface area contributed by atoms with E-state index in [-0.39, 0.29) is 11.9 Å². The number of ketones is 1. The molecule has 2 nitrogen and oxygen atoms in total. The van der Waals surface area contributed by atoms with Gasteiger partial charge < -0.3 is 4.74 Å². The molecule has 0 radical (unpaired) electrons. The lowest BCUT2D eigenvalue weighted by atomic mass is 10.0. The summed E-state index contributed by atoms with van der Waals surface area (Å²) in [5.41, 5.74) is 1.79. The van der Waals surface area contributed by atoms with Gasteiger partial charge in [-0.25, -0.2) is 0 Å². The van der Waals surface area contributed by atoms with Crippen LogP contribution in [0.1, 0.15) is 42.1 Å². The maximum atomic E-state index is 11.5. The first-order valence-electron chi connectivity index (χ1n) is 6.12. The minimum Gasteiger partial charge on any atom is -0.486 e. The second-order valence-corrected chi connectivity index (χ2v) is 4.57. The zero-order chi connectivity index (χ0) is 12.3. The van der Waals surface area contributed by atoms with Crippen molar-refractivity contribution in [3.05, 3.63) is 41.5 Å². The highest BCUT2D eigenvalue weighted by atomic mass is 16.5. The van der Waals surface area contributed by atoms with E-state index in [0.717, 1.165) is 24.8 Å². The molecule has 0 aliphatic heterocycles. The fourth-order valence-corrected chi connectivity index (χ4v) is 2.06. The third kappa shape index (κ3) is 2.96. The van der Waals surface area contributed by atoms with Crippen LogP contribution in [0.25, 0.3) is 0 Å². The number of hydrogen-bond acceptors (Lipinski definition) is 2. The van der Waals surface area contributed by atoms with Gasteiger partial charge in [0.2, 0.25) is 0 Å². The highest BCUT2D eigenvalue weighted by Crippen LogP contribution is 2.24. The first-order valence-corrected chi connectivity index (χ1v) is 6.12. The van der Waals surface area contributed by atoms with Crippen LogP contribution in [-0.4, -0.2) is 11.9 Å². The maximum Gasteiger partial charge on any atom is 0.163 e. The monoisotopic (exact) mass is 230 g/mol. The number of carbonyl (C=O) groups is 1. The van der Waals surface area contributed by atoms with Crippen molar-refractivity contribution in [3.8, 4) is 5.75 Å². The van der Waals surface area contributed by atoms with Gasteiger partial charge >= 0.3 is 0 Å². The third-order valence-electron chi connectivity index (χ3n) is 3.00. The summed E-state index contributed by atoms with van der Waals surface area (Å²) in [6.07, 6.45) is 7.67. The molecule has 1 atom stereocenters. The van der Waals surface area contributed by atoms with E-state index in [1.54, 1.807) is 6.92 Å². The summed E-state index contributed by atoms with van der Waals surface area (Å²) in [5.74, 6) is 0.772. The molecule has 1 aliphatic rings. The average Bonchev–Trinajstić information content (AvgIpc) is 2.30. The van der Waals surface area contributed by atoms with Gasteiger partial charge in [-0.15, -0.1) is 0 Å². The van der Waals surface area contributed by atoms with Gasteiger partial charge in [0.1, 0.15) is 11.9 Å². The Bertz CT molecular complexity index is 446. The molecule has 0 fully saturated rings. The van der Waals surface area contributed by atoms with Crippen molar-refractivity contribution in [1.29, 1.82) is 0 Å². The smallest absolute Gasteiger partial charge is 0.163 e. The molecule has 1 aliphatic carbocycles. The van der Waals surface area contributed by atoms with Crippen molar-refractivity contribution < 1.29 is 9.53 Å². The summed E-state index contributed by atoms with van der Waals surface area (Å²) in [4.78, 5) is 11.5. The molecule has 1 aromatic rings. The zero-order valence-corrected chi connectivity index (χ0v) is 10.4. The highest BCUT2D eigenvalue weighted by molar-refractivity contribution is 5.96. The third-order valence-corrected chi connectivity index (χ3v) is 3.00. The normalized spacial score (nSPS) is 19.1. The number of benzene rings is 1. The summed E-state index contributed by atoms with van der Waals surface area (Å²) in [5, 5.41) is 0. The predicted molar refractivity (Wildman–Crippen MR) is 68.6 cm³/mol. The largest absolute Gasteiger partial charge is 0.486 e. The van der Waals surface area contributed by atoms with Crippen LogP contribution < -0.4 is 4.74 Å². The lowest BCUT2D eigenvalue weighted by Crippen LogP contribution is -2.17. The number of allylic oxidation sites excluding steroid dienone is 1. The van der Waals surface area contributed by atoms with Gasteiger partial charge in [0.25, 0.3) is 0 Å². The summed E-state index contributed by atoms with van der Waals surface area (Å²) >= 11 is 0. The average molecular weight is 230 g/mol. The zero-order valence-electron chi connectivity index (χ0n) is 10.4. The van der Waals surface area contributed by atoms with Crippen molar-refractivity contribution in [2.24, 2.45) is 0 Å². The number of hydrogen-bond donors (Lipinski definition) is 0. The van der Waals surface area contributed by atoms with Gasteiger partial charge in [-0.3, -0.25) is 4.79 Å². The van der Waals surface area contributed by atoms with Gasteiger partial charge in [0.05, 0.1) is 5.56 Å². The minimum absolute atomic E-state index is 0.0554. The molecule has 0 aromatic heterocycles. The van der Waals surface area contributed by atoms with Crippen molar-refractivity contribution >= 4 is 5.78 Å². The van der Waals surface area contributed by atoms with Gasteiger partial charge in [-0.2, -0.15) is 0 Å². The van der Waals surface area contributed by atoms with Crippen LogP contribution in [0.5, 0.6) is 5.75 Å². The van der Waals surface area contributed by atoms with E-state index in [2.05, 4.69) is 12.2 Å². The van der Waals surface area contributed by atoms with Crippen molar-refractivity contribution in [2.75, 3.05) is 0 Å². The first kappa shape index (κ1) is 11.9.